The Morgan fingerprint density at radius 2 is 1.62 bits per heavy atom. The van der Waals surface area contributed by atoms with E-state index in [9.17, 15) is 26.4 Å². The summed E-state index contributed by atoms with van der Waals surface area (Å²) in [7, 11) is -4.66. The molecule has 8 heteroatoms. The lowest BCUT2D eigenvalue weighted by atomic mass is 10.1. The highest BCUT2D eigenvalue weighted by atomic mass is 32.2. The molecule has 128 valence electrons. The molecular weight excluding hydrogens is 345 g/mol. The van der Waals surface area contributed by atoms with E-state index in [-0.39, 0.29) is 11.5 Å². The predicted octanol–water partition coefficient (Wildman–Crippen LogP) is 3.39. The second-order valence-corrected chi connectivity index (χ2v) is 6.57. The van der Waals surface area contributed by atoms with Gasteiger partial charge in [-0.1, -0.05) is 12.1 Å². The lowest BCUT2D eigenvalue weighted by molar-refractivity contribution is -0.116. The van der Waals surface area contributed by atoms with Crippen LogP contribution in [0.4, 0.5) is 13.2 Å². The fourth-order valence-electron chi connectivity index (χ4n) is 1.90. The third-order valence-corrected chi connectivity index (χ3v) is 4.43. The maximum Gasteiger partial charge on any atom is 0.342 e. The van der Waals surface area contributed by atoms with Crippen molar-refractivity contribution in [3.05, 3.63) is 59.4 Å². The largest absolute Gasteiger partial charge is 0.379 e. The van der Waals surface area contributed by atoms with Gasteiger partial charge in [0.2, 0.25) is 0 Å². The first-order valence-corrected chi connectivity index (χ1v) is 8.28. The smallest absolute Gasteiger partial charge is 0.342 e. The molecule has 0 aromatic heterocycles. The van der Waals surface area contributed by atoms with E-state index in [1.165, 1.54) is 19.1 Å². The number of hydrogen-bond donors (Lipinski definition) is 0. The number of aryl methyl sites for hydroxylation is 1. The van der Waals surface area contributed by atoms with E-state index in [0.717, 1.165) is 5.56 Å². The van der Waals surface area contributed by atoms with Crippen molar-refractivity contribution in [3.8, 4) is 5.75 Å². The van der Waals surface area contributed by atoms with Gasteiger partial charge >= 0.3 is 10.1 Å². The first kappa shape index (κ1) is 18.0. The van der Waals surface area contributed by atoms with Gasteiger partial charge in [0.15, 0.2) is 17.5 Å². The fourth-order valence-corrected chi connectivity index (χ4v) is 2.90. The number of benzene rings is 2. The van der Waals surface area contributed by atoms with Crippen LogP contribution in [0, 0.1) is 17.5 Å². The van der Waals surface area contributed by atoms with Crippen molar-refractivity contribution in [2.24, 2.45) is 0 Å². The van der Waals surface area contributed by atoms with Gasteiger partial charge < -0.3 is 8.98 Å². The van der Waals surface area contributed by atoms with E-state index < -0.39 is 32.5 Å². The minimum atomic E-state index is -4.66. The zero-order valence-corrected chi connectivity index (χ0v) is 13.4. The molecule has 0 unspecified atom stereocenters. The molecule has 2 rings (SSSR count). The quantitative estimate of drug-likeness (QED) is 0.587. The van der Waals surface area contributed by atoms with Crippen LogP contribution >= 0.6 is 0 Å². The third-order valence-electron chi connectivity index (χ3n) is 3.16. The second kappa shape index (κ2) is 7.04. The summed E-state index contributed by atoms with van der Waals surface area (Å²) in [6.07, 6.45) is 0.832. The summed E-state index contributed by atoms with van der Waals surface area (Å²) in [6.45, 7) is 1.46. The third kappa shape index (κ3) is 4.14. The molecule has 0 N–H and O–H groups in total. The van der Waals surface area contributed by atoms with Crippen molar-refractivity contribution in [2.75, 3.05) is 0 Å². The number of carbonyl (C=O) groups is 1. The Kier molecular flexibility index (Phi) is 5.28. The molecule has 2 aromatic rings. The number of ketones is 1. The van der Waals surface area contributed by atoms with Crippen LogP contribution in [-0.4, -0.2) is 14.2 Å². The van der Waals surface area contributed by atoms with Crippen LogP contribution in [0.15, 0.2) is 41.3 Å². The van der Waals surface area contributed by atoms with Crippen molar-refractivity contribution in [1.29, 1.82) is 0 Å². The summed E-state index contributed by atoms with van der Waals surface area (Å²) in [4.78, 5) is 9.82. The van der Waals surface area contributed by atoms with Gasteiger partial charge in [0.25, 0.3) is 0 Å². The average Bonchev–Trinajstić information content (AvgIpc) is 2.51. The maximum absolute atomic E-state index is 13.6. The highest BCUT2D eigenvalue weighted by Crippen LogP contribution is 2.24. The summed E-state index contributed by atoms with van der Waals surface area (Å²) in [5, 5.41) is 0. The Morgan fingerprint density at radius 1 is 1.00 bits per heavy atom. The van der Waals surface area contributed by atoms with Crippen LogP contribution in [-0.2, 0) is 21.3 Å². The van der Waals surface area contributed by atoms with E-state index >= 15 is 0 Å². The molecule has 0 spiro atoms. The molecule has 0 atom stereocenters. The topological polar surface area (TPSA) is 60.4 Å². The summed E-state index contributed by atoms with van der Waals surface area (Å²) in [5.74, 6) is -5.33. The Bertz CT molecular complexity index is 862. The molecule has 0 fully saturated rings. The van der Waals surface area contributed by atoms with Crippen molar-refractivity contribution < 1.29 is 30.6 Å². The van der Waals surface area contributed by atoms with Gasteiger partial charge in [0.1, 0.15) is 16.4 Å². The minimum Gasteiger partial charge on any atom is -0.379 e. The normalized spacial score (nSPS) is 11.3. The Labute approximate surface area is 137 Å². The minimum absolute atomic E-state index is 0.0201. The van der Waals surface area contributed by atoms with Gasteiger partial charge in [-0.2, -0.15) is 8.42 Å². The number of rotatable bonds is 6. The molecule has 0 bridgehead atoms. The first-order chi connectivity index (χ1) is 11.2. The molecule has 0 saturated carbocycles. The summed E-state index contributed by atoms with van der Waals surface area (Å²) in [5.41, 5.74) is 0.786. The number of halogens is 3. The maximum atomic E-state index is 13.6. The van der Waals surface area contributed by atoms with E-state index in [2.05, 4.69) is 0 Å². The zero-order valence-electron chi connectivity index (χ0n) is 12.6. The van der Waals surface area contributed by atoms with Gasteiger partial charge in [-0.3, -0.25) is 0 Å². The highest BCUT2D eigenvalue weighted by Gasteiger charge is 2.25. The Balaban J connectivity index is 2.21. The van der Waals surface area contributed by atoms with Crippen LogP contribution < -0.4 is 4.18 Å². The molecule has 0 aliphatic carbocycles. The van der Waals surface area contributed by atoms with E-state index in [4.69, 9.17) is 4.18 Å². The van der Waals surface area contributed by atoms with Crippen LogP contribution in [0.3, 0.4) is 0 Å². The zero-order chi connectivity index (χ0) is 17.9. The standard InChI is InChI=1S/C16H13F3O4S/c1-10(20)2-3-11-4-6-12(7-5-11)23-24(21,22)14-9-8-13(17)15(18)16(14)19/h4-9H,2-3H2,1H3. The van der Waals surface area contributed by atoms with Gasteiger partial charge in [0, 0.05) is 6.42 Å². The molecule has 0 radical (unpaired) electrons. The van der Waals surface area contributed by atoms with E-state index in [1.807, 2.05) is 0 Å². The number of hydrogen-bond acceptors (Lipinski definition) is 4. The van der Waals surface area contributed by atoms with Crippen LogP contribution in [0.1, 0.15) is 18.9 Å². The van der Waals surface area contributed by atoms with Gasteiger partial charge in [-0.15, -0.1) is 0 Å². The molecule has 0 aliphatic rings. The second-order valence-electron chi connectivity index (χ2n) is 5.06. The highest BCUT2D eigenvalue weighted by molar-refractivity contribution is 7.87. The van der Waals surface area contributed by atoms with Gasteiger partial charge in [-0.05, 0) is 43.2 Å². The lowest BCUT2D eigenvalue weighted by Gasteiger charge is -2.09. The number of Topliss-reactive ketones (excluding diaryl/α,β-unsaturated/α-hetero) is 1. The van der Waals surface area contributed by atoms with E-state index in [1.54, 1.807) is 12.1 Å². The van der Waals surface area contributed by atoms with Crippen LogP contribution in [0.25, 0.3) is 0 Å². The first-order valence-electron chi connectivity index (χ1n) is 6.87. The summed E-state index contributed by atoms with van der Waals surface area (Å²) in [6, 6.07) is 6.84. The molecule has 2 aromatic carbocycles. The number of carbonyl (C=O) groups excluding carboxylic acids is 1. The molecule has 0 saturated heterocycles. The molecule has 0 heterocycles. The van der Waals surface area contributed by atoms with Crippen LogP contribution in [0.5, 0.6) is 5.75 Å². The molecule has 4 nitrogen and oxygen atoms in total. The van der Waals surface area contributed by atoms with Gasteiger partial charge in [-0.25, -0.2) is 13.2 Å². The van der Waals surface area contributed by atoms with Gasteiger partial charge in [0.05, 0.1) is 0 Å². The molecule has 0 aliphatic heterocycles. The van der Waals surface area contributed by atoms with E-state index in [0.29, 0.717) is 25.0 Å². The molecule has 24 heavy (non-hydrogen) atoms. The van der Waals surface area contributed by atoms with Crippen molar-refractivity contribution in [1.82, 2.24) is 0 Å². The summed E-state index contributed by atoms with van der Waals surface area (Å²) >= 11 is 0. The van der Waals surface area contributed by atoms with Crippen molar-refractivity contribution >= 4 is 15.9 Å². The van der Waals surface area contributed by atoms with Crippen molar-refractivity contribution in [3.63, 3.8) is 0 Å². The Hall–Kier alpha value is -2.35. The predicted molar refractivity (Wildman–Crippen MR) is 79.6 cm³/mol. The lowest BCUT2D eigenvalue weighted by Crippen LogP contribution is -2.13. The van der Waals surface area contributed by atoms with Crippen LogP contribution in [0.2, 0.25) is 0 Å². The monoisotopic (exact) mass is 358 g/mol. The molecule has 0 amide bonds. The summed E-state index contributed by atoms with van der Waals surface area (Å²) < 4.78 is 68.3. The van der Waals surface area contributed by atoms with Crippen molar-refractivity contribution in [2.45, 2.75) is 24.7 Å². The average molecular weight is 358 g/mol. The fraction of sp³-hybridized carbons (Fsp3) is 0.188. The SMILES string of the molecule is CC(=O)CCc1ccc(OS(=O)(=O)c2ccc(F)c(F)c2F)cc1. The molecular formula is C16H13F3O4S. The Morgan fingerprint density at radius 3 is 2.21 bits per heavy atom.